The first-order valence-electron chi connectivity index (χ1n) is 4.14. The minimum Gasteiger partial charge on any atom is -1.00 e. The zero-order valence-corrected chi connectivity index (χ0v) is 9.99. The molecule has 1 aromatic rings. The van der Waals surface area contributed by atoms with E-state index in [-0.39, 0.29) is 46.1 Å². The Morgan fingerprint density at radius 2 is 2.64 bits per heavy atom. The summed E-state index contributed by atoms with van der Waals surface area (Å²) in [4.78, 5) is 1.56. The predicted molar refractivity (Wildman–Crippen MR) is 46.7 cm³/mol. The summed E-state index contributed by atoms with van der Waals surface area (Å²) >= 11 is 1.07. The number of aliphatic hydroxyl groups is 1. The van der Waals surface area contributed by atoms with Crippen LogP contribution >= 0.6 is 28.3 Å². The normalized spacial score (nSPS) is 14.9. The Kier molecular flexibility index (Phi) is 5.35. The van der Waals surface area contributed by atoms with Crippen LogP contribution in [0.4, 0.5) is 0 Å². The minimum atomic E-state index is -0.717. The molecule has 0 bridgehead atoms. The van der Waals surface area contributed by atoms with Gasteiger partial charge in [-0.3, -0.25) is 0 Å². The SMILES string of the molecule is Br.[3H]c1sc(C([3H])CO)c(C)[n+]1[3H].[Br-]. The molecule has 2 N–H and O–H groups in total. The van der Waals surface area contributed by atoms with Crippen molar-refractivity contribution in [1.82, 2.24) is 0 Å². The van der Waals surface area contributed by atoms with Crippen LogP contribution in [-0.4, -0.2) is 11.7 Å². The number of aromatic nitrogens is 1. The van der Waals surface area contributed by atoms with E-state index in [1.165, 1.54) is 0 Å². The fourth-order valence-electron chi connectivity index (χ4n) is 0.542. The lowest BCUT2D eigenvalue weighted by Gasteiger charge is -1.86. The molecule has 0 aromatic carbocycles. The van der Waals surface area contributed by atoms with Crippen molar-refractivity contribution in [2.45, 2.75) is 13.3 Å². The van der Waals surface area contributed by atoms with Gasteiger partial charge in [0.15, 0.2) is 7.06 Å². The van der Waals surface area contributed by atoms with Crippen LogP contribution in [-0.2, 0) is 6.40 Å². The van der Waals surface area contributed by atoms with Crippen molar-refractivity contribution >= 4 is 28.3 Å². The Morgan fingerprint density at radius 1 is 2.00 bits per heavy atom. The second kappa shape index (κ2) is 7.21. The number of nitrogens with one attached hydrogen (secondary N) is 1. The number of aromatic amines is 1. The van der Waals surface area contributed by atoms with Crippen LogP contribution in [0.15, 0.2) is 5.49 Å². The molecule has 0 fully saturated rings. The summed E-state index contributed by atoms with van der Waals surface area (Å²) in [5.41, 5.74) is 0.659. The van der Waals surface area contributed by atoms with E-state index in [1.54, 1.807) is 6.92 Å². The zero-order chi connectivity index (χ0) is 9.30. The van der Waals surface area contributed by atoms with Gasteiger partial charge in [0.05, 0.1) is 4.88 Å². The van der Waals surface area contributed by atoms with E-state index in [0.717, 1.165) is 16.3 Å². The van der Waals surface area contributed by atoms with Gasteiger partial charge in [-0.2, -0.15) is 0 Å². The largest absolute Gasteiger partial charge is 1.00 e. The molecular formula is C6H11Br2NOS. The van der Waals surface area contributed by atoms with E-state index >= 15 is 0 Å². The van der Waals surface area contributed by atoms with E-state index < -0.39 is 6.40 Å². The van der Waals surface area contributed by atoms with Crippen LogP contribution in [0, 0.1) is 6.92 Å². The van der Waals surface area contributed by atoms with E-state index in [2.05, 4.69) is 0 Å². The standard InChI is InChI=1S/C6H9NOS.2BrH/c1-5-6(2-3-8)9-4-7-5;;/h4,8H,2-3H2,1H3;2*1H/i2T,4T;;/hT. The molecule has 5 heteroatoms. The van der Waals surface area contributed by atoms with Gasteiger partial charge in [0.1, 0.15) is 0 Å². The lowest BCUT2D eigenvalue weighted by Crippen LogP contribution is -3.00. The Balaban J connectivity index is 0. The first kappa shape index (κ1) is 8.16. The number of rotatable bonds is 2. The molecule has 0 saturated heterocycles. The summed E-state index contributed by atoms with van der Waals surface area (Å²) in [6, 6.07) is 0. The van der Waals surface area contributed by atoms with Crippen molar-refractivity contribution in [1.29, 1.82) is 0 Å². The van der Waals surface area contributed by atoms with Gasteiger partial charge in [0.2, 0.25) is 5.49 Å². The van der Waals surface area contributed by atoms with Gasteiger partial charge in [0.25, 0.3) is 0 Å². The molecule has 11 heavy (non-hydrogen) atoms. The molecule has 0 aliphatic heterocycles. The molecule has 1 heterocycles. The van der Waals surface area contributed by atoms with Gasteiger partial charge >= 0.3 is 1.41 Å². The zero-order valence-electron chi connectivity index (χ0n) is 8.87. The molecular weight excluding hydrogens is 294 g/mol. The van der Waals surface area contributed by atoms with E-state index in [4.69, 9.17) is 9.26 Å². The van der Waals surface area contributed by atoms with Crippen molar-refractivity contribution in [3.63, 3.8) is 0 Å². The molecule has 0 radical (unpaired) electrons. The molecule has 1 aromatic heterocycles. The van der Waals surface area contributed by atoms with Gasteiger partial charge in [-0.05, 0) is 0 Å². The van der Waals surface area contributed by atoms with Crippen LogP contribution in [0.2, 0.25) is 1.41 Å². The third-order valence-corrected chi connectivity index (χ3v) is 1.87. The highest BCUT2D eigenvalue weighted by Gasteiger charge is 2.03. The molecule has 1 rings (SSSR count). The van der Waals surface area contributed by atoms with Gasteiger partial charge < -0.3 is 22.1 Å². The first-order chi connectivity index (χ1) is 5.57. The third kappa shape index (κ3) is 4.20. The van der Waals surface area contributed by atoms with Crippen molar-refractivity contribution < 1.29 is 31.2 Å². The molecule has 0 saturated carbocycles. The first-order valence-corrected chi connectivity index (χ1v) is 3.44. The van der Waals surface area contributed by atoms with E-state index in [0.29, 0.717) is 10.6 Å². The van der Waals surface area contributed by atoms with Gasteiger partial charge in [-0.25, -0.2) is 4.98 Å². The highest BCUT2D eigenvalue weighted by molar-refractivity contribution is 8.93. The van der Waals surface area contributed by atoms with Gasteiger partial charge in [-0.1, -0.05) is 11.3 Å². The number of hydrogen-bond donors (Lipinski definition) is 1. The number of thiazole rings is 1. The monoisotopic (exact) mass is 309 g/mol. The smallest absolute Gasteiger partial charge is 0.454 e. The molecule has 0 spiro atoms. The van der Waals surface area contributed by atoms with Gasteiger partial charge in [0, 0.05) is 21.3 Å². The average Bonchev–Trinajstić information content (AvgIpc) is 2.32. The van der Waals surface area contributed by atoms with E-state index in [9.17, 15) is 0 Å². The number of hydrogen-bond acceptors (Lipinski definition) is 2. The third-order valence-electron chi connectivity index (χ3n) is 1.00. The van der Waals surface area contributed by atoms with Crippen LogP contribution in [0.1, 0.15) is 13.3 Å². The second-order valence-electron chi connectivity index (χ2n) is 1.64. The van der Waals surface area contributed by atoms with Gasteiger partial charge in [-0.15, -0.1) is 17.0 Å². The highest BCUT2D eigenvalue weighted by Crippen LogP contribution is 2.08. The summed E-state index contributed by atoms with van der Waals surface area (Å²) < 4.78 is 22.0. The quantitative estimate of drug-likeness (QED) is 0.673. The molecule has 1 atom stereocenters. The fraction of sp³-hybridized carbons (Fsp3) is 0.500. The molecule has 0 aliphatic rings. The van der Waals surface area contributed by atoms with Crippen molar-refractivity contribution in [3.8, 4) is 0 Å². The maximum atomic E-state index is 8.70. The van der Waals surface area contributed by atoms with Crippen LogP contribution in [0.5, 0.6) is 0 Å². The van der Waals surface area contributed by atoms with Crippen LogP contribution < -0.4 is 22.0 Å². The van der Waals surface area contributed by atoms with Crippen LogP contribution in [0.25, 0.3) is 0 Å². The summed E-state index contributed by atoms with van der Waals surface area (Å²) in [6.45, 7) is 1.41. The fourth-order valence-corrected chi connectivity index (χ4v) is 1.17. The van der Waals surface area contributed by atoms with Crippen molar-refractivity contribution in [2.75, 3.05) is 6.61 Å². The maximum absolute atomic E-state index is 8.70. The molecule has 0 aliphatic carbocycles. The minimum absolute atomic E-state index is 0. The Bertz CT molecular complexity index is 297. The lowest BCUT2D eigenvalue weighted by atomic mass is 10.3. The molecule has 66 valence electrons. The number of H-pyrrole nitrogens is 1. The highest BCUT2D eigenvalue weighted by atomic mass is 79.9. The van der Waals surface area contributed by atoms with Crippen molar-refractivity contribution in [2.24, 2.45) is 0 Å². The molecule has 0 amide bonds. The summed E-state index contributed by atoms with van der Waals surface area (Å²) in [5, 5.41) is 8.70. The molecule has 1 unspecified atom stereocenters. The predicted octanol–water partition coefficient (Wildman–Crippen LogP) is -2.01. The van der Waals surface area contributed by atoms with E-state index in [1.807, 2.05) is 0 Å². The van der Waals surface area contributed by atoms with Crippen LogP contribution in [0.3, 0.4) is 0 Å². The Morgan fingerprint density at radius 3 is 3.00 bits per heavy atom. The summed E-state index contributed by atoms with van der Waals surface area (Å²) in [6.07, 6.45) is -0.717. The van der Waals surface area contributed by atoms with Crippen molar-refractivity contribution in [3.05, 3.63) is 16.1 Å². The Labute approximate surface area is 95.5 Å². The number of aliphatic hydroxyl groups excluding tert-OH is 1. The number of halogens is 2. The molecule has 2 nitrogen and oxygen atoms in total. The lowest BCUT2D eigenvalue weighted by molar-refractivity contribution is -0.380. The Hall–Kier alpha value is 0.550. The summed E-state index contributed by atoms with van der Waals surface area (Å²) in [7, 11) is 0. The average molecular weight is 311 g/mol. The second-order valence-corrected chi connectivity index (χ2v) is 2.47. The maximum Gasteiger partial charge on any atom is 0.454 e. The summed E-state index contributed by atoms with van der Waals surface area (Å²) in [5.74, 6) is 0. The topological polar surface area (TPSA) is 34.4 Å².